The molecule has 0 spiro atoms. The van der Waals surface area contributed by atoms with E-state index in [0.29, 0.717) is 12.0 Å². The second-order valence-electron chi connectivity index (χ2n) is 5.23. The van der Waals surface area contributed by atoms with Crippen molar-refractivity contribution in [2.75, 3.05) is 6.54 Å². The van der Waals surface area contributed by atoms with Gasteiger partial charge in [0.1, 0.15) is 0 Å². The molecule has 0 fully saturated rings. The van der Waals surface area contributed by atoms with Gasteiger partial charge in [0, 0.05) is 10.9 Å². The lowest BCUT2D eigenvalue weighted by Crippen LogP contribution is -2.28. The third-order valence-corrected chi connectivity index (χ3v) is 4.75. The summed E-state index contributed by atoms with van der Waals surface area (Å²) < 4.78 is 0.880. The Kier molecular flexibility index (Phi) is 6.08. The number of rotatable bonds is 7. The highest BCUT2D eigenvalue weighted by Crippen LogP contribution is 2.29. The van der Waals surface area contributed by atoms with Gasteiger partial charge in [0.25, 0.3) is 0 Å². The molecule has 108 valence electrons. The molecule has 0 bridgehead atoms. The molecule has 1 nitrogen and oxygen atoms in total. The molecule has 0 amide bonds. The molecule has 20 heavy (non-hydrogen) atoms. The summed E-state index contributed by atoms with van der Waals surface area (Å²) in [5.41, 5.74) is 1.37. The van der Waals surface area contributed by atoms with Crippen LogP contribution in [0.15, 0.2) is 42.5 Å². The van der Waals surface area contributed by atoms with Crippen LogP contribution in [-0.4, -0.2) is 6.54 Å². The number of thiophene rings is 1. The second kappa shape index (κ2) is 7.82. The number of hydrogen-bond donors (Lipinski definition) is 1. The minimum absolute atomic E-state index is 0.400. The zero-order valence-corrected chi connectivity index (χ0v) is 13.7. The third-order valence-electron chi connectivity index (χ3n) is 3.49. The van der Waals surface area contributed by atoms with Gasteiger partial charge in [-0.2, -0.15) is 0 Å². The van der Waals surface area contributed by atoms with Gasteiger partial charge in [-0.25, -0.2) is 0 Å². The molecule has 0 aliphatic carbocycles. The van der Waals surface area contributed by atoms with Gasteiger partial charge < -0.3 is 5.32 Å². The molecule has 2 rings (SSSR count). The van der Waals surface area contributed by atoms with Crippen molar-refractivity contribution in [2.45, 2.75) is 32.7 Å². The zero-order chi connectivity index (χ0) is 14.4. The van der Waals surface area contributed by atoms with E-state index < -0.39 is 0 Å². The van der Waals surface area contributed by atoms with Gasteiger partial charge in [0.2, 0.25) is 0 Å². The van der Waals surface area contributed by atoms with Crippen molar-refractivity contribution in [2.24, 2.45) is 5.92 Å². The van der Waals surface area contributed by atoms with E-state index in [0.717, 1.165) is 23.7 Å². The number of nitrogens with one attached hydrogen (secondary N) is 1. The lowest BCUT2D eigenvalue weighted by Gasteiger charge is -2.25. The van der Waals surface area contributed by atoms with E-state index in [4.69, 9.17) is 11.6 Å². The monoisotopic (exact) mass is 307 g/mol. The van der Waals surface area contributed by atoms with Crippen LogP contribution in [0.2, 0.25) is 4.34 Å². The molecular weight excluding hydrogens is 286 g/mol. The SMILES string of the molecule is CCCNC(c1ccccc1)C(C)Cc1ccc(Cl)s1. The molecule has 3 heteroatoms. The Balaban J connectivity index is 2.09. The summed E-state index contributed by atoms with van der Waals surface area (Å²) in [6, 6.07) is 15.3. The average molecular weight is 308 g/mol. The Morgan fingerprint density at radius 1 is 1.15 bits per heavy atom. The van der Waals surface area contributed by atoms with Gasteiger partial charge in [0.15, 0.2) is 0 Å². The number of halogens is 1. The first-order chi connectivity index (χ1) is 9.70. The highest BCUT2D eigenvalue weighted by molar-refractivity contribution is 7.16. The van der Waals surface area contributed by atoms with E-state index in [9.17, 15) is 0 Å². The van der Waals surface area contributed by atoms with E-state index in [1.807, 2.05) is 6.07 Å². The Morgan fingerprint density at radius 3 is 2.50 bits per heavy atom. The van der Waals surface area contributed by atoms with Gasteiger partial charge in [-0.1, -0.05) is 55.8 Å². The fourth-order valence-electron chi connectivity index (χ4n) is 2.50. The standard InChI is InChI=1S/C17H22ClNS/c1-3-11-19-17(14-7-5-4-6-8-14)13(2)12-15-9-10-16(18)20-15/h4-10,13,17,19H,3,11-12H2,1-2H3. The molecule has 0 aliphatic heterocycles. The van der Waals surface area contributed by atoms with Crippen LogP contribution in [-0.2, 0) is 6.42 Å². The average Bonchev–Trinajstić information content (AvgIpc) is 2.86. The van der Waals surface area contributed by atoms with E-state index in [1.165, 1.54) is 10.4 Å². The predicted molar refractivity (Wildman–Crippen MR) is 89.7 cm³/mol. The maximum Gasteiger partial charge on any atom is 0.0931 e. The molecule has 0 saturated carbocycles. The third kappa shape index (κ3) is 4.34. The molecule has 0 saturated heterocycles. The fraction of sp³-hybridized carbons (Fsp3) is 0.412. The lowest BCUT2D eigenvalue weighted by atomic mass is 9.91. The Hall–Kier alpha value is -0.830. The van der Waals surface area contributed by atoms with Crippen LogP contribution in [0.4, 0.5) is 0 Å². The molecule has 2 aromatic rings. The summed E-state index contributed by atoms with van der Waals surface area (Å²) in [7, 11) is 0. The summed E-state index contributed by atoms with van der Waals surface area (Å²) in [6.07, 6.45) is 2.22. The molecule has 0 radical (unpaired) electrons. The zero-order valence-electron chi connectivity index (χ0n) is 12.1. The first-order valence-corrected chi connectivity index (χ1v) is 8.42. The van der Waals surface area contributed by atoms with Gasteiger partial charge in [-0.15, -0.1) is 11.3 Å². The van der Waals surface area contributed by atoms with E-state index in [-0.39, 0.29) is 0 Å². The fourth-order valence-corrected chi connectivity index (χ4v) is 3.73. The Labute approximate surface area is 131 Å². The highest BCUT2D eigenvalue weighted by Gasteiger charge is 2.19. The molecule has 2 atom stereocenters. The van der Waals surface area contributed by atoms with Crippen molar-refractivity contribution < 1.29 is 0 Å². The van der Waals surface area contributed by atoms with Crippen molar-refractivity contribution in [3.63, 3.8) is 0 Å². The molecule has 1 aromatic heterocycles. The second-order valence-corrected chi connectivity index (χ2v) is 7.03. The van der Waals surface area contributed by atoms with Crippen LogP contribution < -0.4 is 5.32 Å². The van der Waals surface area contributed by atoms with Crippen molar-refractivity contribution >= 4 is 22.9 Å². The molecular formula is C17H22ClNS. The van der Waals surface area contributed by atoms with Gasteiger partial charge in [-0.3, -0.25) is 0 Å². The minimum Gasteiger partial charge on any atom is -0.310 e. The molecule has 2 unspecified atom stereocenters. The van der Waals surface area contributed by atoms with Crippen LogP contribution >= 0.6 is 22.9 Å². The summed E-state index contributed by atoms with van der Waals surface area (Å²) in [6.45, 7) is 5.57. The maximum atomic E-state index is 6.03. The van der Waals surface area contributed by atoms with Crippen LogP contribution in [0, 0.1) is 5.92 Å². The number of hydrogen-bond acceptors (Lipinski definition) is 2. The minimum atomic E-state index is 0.400. The summed E-state index contributed by atoms with van der Waals surface area (Å²) in [5, 5.41) is 3.68. The van der Waals surface area contributed by atoms with E-state index >= 15 is 0 Å². The number of benzene rings is 1. The first kappa shape index (κ1) is 15.6. The normalized spacial score (nSPS) is 14.2. The Bertz CT molecular complexity index is 509. The largest absolute Gasteiger partial charge is 0.310 e. The van der Waals surface area contributed by atoms with Gasteiger partial charge in [-0.05, 0) is 43.0 Å². The lowest BCUT2D eigenvalue weighted by molar-refractivity contribution is 0.386. The van der Waals surface area contributed by atoms with Crippen molar-refractivity contribution in [3.05, 3.63) is 57.2 Å². The molecule has 1 N–H and O–H groups in total. The van der Waals surface area contributed by atoms with Crippen LogP contribution in [0.1, 0.15) is 36.8 Å². The Morgan fingerprint density at radius 2 is 1.90 bits per heavy atom. The topological polar surface area (TPSA) is 12.0 Å². The summed E-state index contributed by atoms with van der Waals surface area (Å²) in [5.74, 6) is 0.540. The molecule has 0 aliphatic rings. The predicted octanol–water partition coefficient (Wildman–Crippen LogP) is 5.32. The smallest absolute Gasteiger partial charge is 0.0931 e. The van der Waals surface area contributed by atoms with Crippen LogP contribution in [0.5, 0.6) is 0 Å². The van der Waals surface area contributed by atoms with Gasteiger partial charge >= 0.3 is 0 Å². The summed E-state index contributed by atoms with van der Waals surface area (Å²) in [4.78, 5) is 1.36. The van der Waals surface area contributed by atoms with Crippen molar-refractivity contribution in [1.82, 2.24) is 5.32 Å². The maximum absolute atomic E-state index is 6.03. The van der Waals surface area contributed by atoms with Crippen LogP contribution in [0.25, 0.3) is 0 Å². The van der Waals surface area contributed by atoms with Gasteiger partial charge in [0.05, 0.1) is 4.34 Å². The van der Waals surface area contributed by atoms with Crippen molar-refractivity contribution in [3.8, 4) is 0 Å². The quantitative estimate of drug-likeness (QED) is 0.730. The van der Waals surface area contributed by atoms with Crippen LogP contribution in [0.3, 0.4) is 0 Å². The summed E-state index contributed by atoms with van der Waals surface area (Å²) >= 11 is 7.72. The molecule has 1 heterocycles. The highest BCUT2D eigenvalue weighted by atomic mass is 35.5. The van der Waals surface area contributed by atoms with E-state index in [1.54, 1.807) is 11.3 Å². The molecule has 1 aromatic carbocycles. The first-order valence-electron chi connectivity index (χ1n) is 7.23. The van der Waals surface area contributed by atoms with E-state index in [2.05, 4.69) is 55.6 Å². The van der Waals surface area contributed by atoms with Crippen molar-refractivity contribution in [1.29, 1.82) is 0 Å².